The van der Waals surface area contributed by atoms with Crippen molar-refractivity contribution < 1.29 is 52.4 Å². The van der Waals surface area contributed by atoms with E-state index in [2.05, 4.69) is 50.1 Å². The third kappa shape index (κ3) is 7.68. The predicted octanol–water partition coefficient (Wildman–Crippen LogP) is 5.45. The first kappa shape index (κ1) is 40.6. The Hall–Kier alpha value is -3.62. The van der Waals surface area contributed by atoms with E-state index in [-0.39, 0.29) is 23.3 Å². The molecule has 2 aliphatic carbocycles. The van der Waals surface area contributed by atoms with Gasteiger partial charge in [-0.15, -0.1) is 0 Å². The van der Waals surface area contributed by atoms with Gasteiger partial charge >= 0.3 is 18.1 Å². The van der Waals surface area contributed by atoms with Crippen LogP contribution in [0.5, 0.6) is 11.5 Å². The van der Waals surface area contributed by atoms with Gasteiger partial charge in [-0.25, -0.2) is 9.59 Å². The number of benzene rings is 1. The summed E-state index contributed by atoms with van der Waals surface area (Å²) in [5, 5.41) is 15.1. The van der Waals surface area contributed by atoms with Gasteiger partial charge in [-0.3, -0.25) is 9.59 Å². The predicted molar refractivity (Wildman–Crippen MR) is 198 cm³/mol. The lowest BCUT2D eigenvalue weighted by Crippen LogP contribution is -2.74. The van der Waals surface area contributed by atoms with Gasteiger partial charge in [0.1, 0.15) is 28.8 Å². The first-order chi connectivity index (χ1) is 24.2. The van der Waals surface area contributed by atoms with Crippen LogP contribution in [0.4, 0.5) is 4.79 Å². The number of esters is 2. The molecule has 1 aromatic rings. The van der Waals surface area contributed by atoms with Crippen LogP contribution in [0.1, 0.15) is 99.6 Å². The summed E-state index contributed by atoms with van der Waals surface area (Å²) in [5.41, 5.74) is -1.91. The van der Waals surface area contributed by atoms with Crippen molar-refractivity contribution in [2.24, 2.45) is 0 Å². The fourth-order valence-electron chi connectivity index (χ4n) is 7.62. The van der Waals surface area contributed by atoms with E-state index in [0.29, 0.717) is 30.9 Å². The molecule has 294 valence electrons. The van der Waals surface area contributed by atoms with Gasteiger partial charge in [-0.05, 0) is 111 Å². The number of hydrogen-bond donors (Lipinski definition) is 2. The molecule has 1 amide bonds. The van der Waals surface area contributed by atoms with Crippen LogP contribution >= 0.6 is 0 Å². The van der Waals surface area contributed by atoms with E-state index in [0.717, 1.165) is 11.1 Å². The SMILES string of the molecule is C[C@H](NC(=O)[C@H](CC(=O)OC(C)(C)C)OC(=O)OC(C)(C)C)C(=O)OC1=CC[C@@]2(O)[C@H]3Cc4ccc(O[Si](C)(C)C(C)(C)C)c5c4[C@@]2(CCN3C)[C@H]1O5. The van der Waals surface area contributed by atoms with E-state index >= 15 is 0 Å². The van der Waals surface area contributed by atoms with Crippen LogP contribution < -0.4 is 14.5 Å². The van der Waals surface area contributed by atoms with Crippen LogP contribution in [0.15, 0.2) is 24.0 Å². The summed E-state index contributed by atoms with van der Waals surface area (Å²) in [5.74, 6) is -1.07. The molecule has 13 nitrogen and oxygen atoms in total. The van der Waals surface area contributed by atoms with Gasteiger partial charge in [-0.2, -0.15) is 0 Å². The van der Waals surface area contributed by atoms with Gasteiger partial charge in [-0.1, -0.05) is 26.8 Å². The number of likely N-dealkylation sites (tertiary alicyclic amines) is 1. The molecule has 2 aliphatic heterocycles. The second-order valence-electron chi connectivity index (χ2n) is 18.5. The van der Waals surface area contributed by atoms with Crippen molar-refractivity contribution >= 4 is 32.3 Å². The highest BCUT2D eigenvalue weighted by Crippen LogP contribution is 2.65. The number of amides is 1. The Balaban J connectivity index is 1.40. The highest BCUT2D eigenvalue weighted by Gasteiger charge is 2.72. The second kappa shape index (κ2) is 13.6. The molecule has 0 aromatic heterocycles. The summed E-state index contributed by atoms with van der Waals surface area (Å²) < 4.78 is 35.5. The molecule has 2 N–H and O–H groups in total. The zero-order valence-electron chi connectivity index (χ0n) is 33.6. The van der Waals surface area contributed by atoms with Crippen LogP contribution in [0.3, 0.4) is 0 Å². The number of ether oxygens (including phenoxy) is 5. The number of aliphatic hydroxyl groups is 1. The van der Waals surface area contributed by atoms with Gasteiger partial charge in [0.15, 0.2) is 18.0 Å². The topological polar surface area (TPSA) is 159 Å². The fraction of sp³-hybridized carbons (Fsp3) is 0.692. The maximum atomic E-state index is 13.7. The Kier molecular flexibility index (Phi) is 10.4. The van der Waals surface area contributed by atoms with Crippen molar-refractivity contribution in [2.45, 2.75) is 160 Å². The van der Waals surface area contributed by atoms with E-state index in [4.69, 9.17) is 28.1 Å². The zero-order chi connectivity index (χ0) is 39.7. The lowest BCUT2D eigenvalue weighted by Gasteiger charge is -2.61. The smallest absolute Gasteiger partial charge is 0.509 e. The second-order valence-corrected chi connectivity index (χ2v) is 23.2. The highest BCUT2D eigenvalue weighted by atomic mass is 28.4. The molecule has 6 atom stereocenters. The van der Waals surface area contributed by atoms with Gasteiger partial charge in [0.2, 0.25) is 0 Å². The number of nitrogens with one attached hydrogen (secondary N) is 1. The Morgan fingerprint density at radius 2 is 1.68 bits per heavy atom. The van der Waals surface area contributed by atoms with Crippen LogP contribution in [0.25, 0.3) is 0 Å². The summed E-state index contributed by atoms with van der Waals surface area (Å²) in [6, 6.07) is 2.61. The standard InChI is InChI=1S/C39H58N2O11Si/c1-22(40-32(43)26(21-28(42)50-35(2,3)4)48-34(45)51-36(5,6)7)33(44)47-25-16-17-39(46)27-20-23-14-15-24(52-53(12,13)37(8,9)10)30-29(23)38(39,31(25)49-30)18-19-41(27)11/h14-16,22,26-27,31,46H,17-21H2,1-13H3,(H,40,43)/t22-,26-,27+,31-,38-,39+/m0/s1. The monoisotopic (exact) mass is 758 g/mol. The lowest BCUT2D eigenvalue weighted by molar-refractivity contribution is -0.170. The summed E-state index contributed by atoms with van der Waals surface area (Å²) in [6.07, 6.45) is -1.13. The van der Waals surface area contributed by atoms with Gasteiger partial charge in [0.05, 0.1) is 17.4 Å². The summed E-state index contributed by atoms with van der Waals surface area (Å²) >= 11 is 0. The molecule has 14 heteroatoms. The largest absolute Gasteiger partial charge is 0.541 e. The van der Waals surface area contributed by atoms with Crippen LogP contribution in [0, 0.1) is 0 Å². The third-order valence-corrected chi connectivity index (χ3v) is 15.5. The van der Waals surface area contributed by atoms with E-state index in [9.17, 15) is 24.3 Å². The number of carbonyl (C=O) groups is 4. The molecule has 1 spiro atoms. The van der Waals surface area contributed by atoms with Crippen molar-refractivity contribution in [3.8, 4) is 11.5 Å². The molecular weight excluding hydrogens is 701 g/mol. The molecule has 53 heavy (non-hydrogen) atoms. The Morgan fingerprint density at radius 1 is 1.04 bits per heavy atom. The molecule has 0 radical (unpaired) electrons. The molecule has 4 aliphatic rings. The van der Waals surface area contributed by atoms with Gasteiger partial charge in [0.25, 0.3) is 14.2 Å². The molecule has 2 bridgehead atoms. The van der Waals surface area contributed by atoms with E-state index in [1.807, 2.05) is 13.1 Å². The maximum absolute atomic E-state index is 13.7. The van der Waals surface area contributed by atoms with Crippen molar-refractivity contribution in [3.63, 3.8) is 0 Å². The Morgan fingerprint density at radius 3 is 2.28 bits per heavy atom. The minimum atomic E-state index is -2.30. The number of nitrogens with zero attached hydrogens (tertiary/aromatic N) is 1. The van der Waals surface area contributed by atoms with Crippen molar-refractivity contribution in [1.82, 2.24) is 10.2 Å². The summed E-state index contributed by atoms with van der Waals surface area (Å²) in [4.78, 5) is 54.6. The number of hydrogen-bond acceptors (Lipinski definition) is 12. The molecule has 5 rings (SSSR count). The average molecular weight is 759 g/mol. The summed E-state index contributed by atoms with van der Waals surface area (Å²) in [6.45, 7) is 22.9. The number of likely N-dealkylation sites (N-methyl/N-ethyl adjacent to an activating group) is 1. The maximum Gasteiger partial charge on any atom is 0.509 e. The van der Waals surface area contributed by atoms with Crippen molar-refractivity contribution in [1.29, 1.82) is 0 Å². The first-order valence-electron chi connectivity index (χ1n) is 18.5. The quantitative estimate of drug-likeness (QED) is 0.187. The molecule has 0 unspecified atom stereocenters. The summed E-state index contributed by atoms with van der Waals surface area (Å²) in [7, 11) is -0.283. The molecule has 2 heterocycles. The normalized spacial score (nSPS) is 26.2. The first-order valence-corrected chi connectivity index (χ1v) is 21.4. The zero-order valence-corrected chi connectivity index (χ0v) is 34.6. The Labute approximate surface area is 314 Å². The van der Waals surface area contributed by atoms with E-state index in [1.165, 1.54) is 6.92 Å². The number of rotatable bonds is 9. The Bertz CT molecular complexity index is 1660. The number of piperidine rings is 1. The van der Waals surface area contributed by atoms with Crippen LogP contribution in [-0.2, 0) is 45.2 Å². The van der Waals surface area contributed by atoms with Crippen LogP contribution in [0.2, 0.25) is 18.1 Å². The average Bonchev–Trinajstić information content (AvgIpc) is 3.34. The molecule has 0 saturated carbocycles. The molecule has 1 aromatic carbocycles. The minimum Gasteiger partial charge on any atom is -0.541 e. The number of carbonyl (C=O) groups excluding carboxylic acids is 4. The van der Waals surface area contributed by atoms with Crippen molar-refractivity contribution in [2.75, 3.05) is 13.6 Å². The molecule has 1 saturated heterocycles. The highest BCUT2D eigenvalue weighted by molar-refractivity contribution is 6.74. The van der Waals surface area contributed by atoms with E-state index in [1.54, 1.807) is 47.6 Å². The van der Waals surface area contributed by atoms with Crippen LogP contribution in [-0.4, -0.2) is 97.0 Å². The van der Waals surface area contributed by atoms with Gasteiger partial charge < -0.3 is 43.4 Å². The minimum absolute atomic E-state index is 0.0797. The van der Waals surface area contributed by atoms with Crippen molar-refractivity contribution in [3.05, 3.63) is 35.1 Å². The van der Waals surface area contributed by atoms with Gasteiger partial charge in [0, 0.05) is 18.0 Å². The lowest BCUT2D eigenvalue weighted by atomic mass is 9.50. The van der Waals surface area contributed by atoms with E-state index < -0.39 is 79.2 Å². The molecule has 1 fully saturated rings. The third-order valence-electron chi connectivity index (χ3n) is 11.1. The fourth-order valence-corrected chi connectivity index (χ4v) is 8.63. The molecular formula is C39H58N2O11Si.